The van der Waals surface area contributed by atoms with Crippen LogP contribution in [0.1, 0.15) is 17.3 Å². The molecule has 1 atom stereocenters. The van der Waals surface area contributed by atoms with Gasteiger partial charge in [-0.2, -0.15) is 0 Å². The second kappa shape index (κ2) is 5.41. The zero-order chi connectivity index (χ0) is 13.9. The molecule has 0 saturated carbocycles. The highest BCUT2D eigenvalue weighted by molar-refractivity contribution is 5.94. The Kier molecular flexibility index (Phi) is 4.16. The van der Waals surface area contributed by atoms with Crippen molar-refractivity contribution in [3.63, 3.8) is 0 Å². The third-order valence-electron chi connectivity index (χ3n) is 2.55. The summed E-state index contributed by atoms with van der Waals surface area (Å²) in [4.78, 5) is 26.2. The number of hydrogen-bond acceptors (Lipinski definition) is 6. The van der Waals surface area contributed by atoms with Gasteiger partial charge in [0, 0.05) is 13.1 Å². The van der Waals surface area contributed by atoms with Crippen molar-refractivity contribution in [1.29, 1.82) is 0 Å². The van der Waals surface area contributed by atoms with Crippen LogP contribution in [0.3, 0.4) is 0 Å². The second-order valence-corrected chi connectivity index (χ2v) is 3.77. The topological polar surface area (TPSA) is 117 Å². The Morgan fingerprint density at radius 2 is 2.28 bits per heavy atom. The third kappa shape index (κ3) is 2.72. The number of nitro groups is 1. The van der Waals surface area contributed by atoms with E-state index < -0.39 is 10.9 Å². The maximum absolute atomic E-state index is 11.1. The minimum absolute atomic E-state index is 0.0784. The van der Waals surface area contributed by atoms with Crippen molar-refractivity contribution in [1.82, 2.24) is 4.98 Å². The van der Waals surface area contributed by atoms with Gasteiger partial charge in [-0.1, -0.05) is 0 Å². The molecule has 8 nitrogen and oxygen atoms in total. The Balaban J connectivity index is 3.27. The molecule has 8 heteroatoms. The number of carboxylic acid groups (broad SMARTS) is 1. The lowest BCUT2D eigenvalue weighted by molar-refractivity contribution is -0.385. The van der Waals surface area contributed by atoms with Crippen molar-refractivity contribution < 1.29 is 19.9 Å². The molecule has 18 heavy (non-hydrogen) atoms. The van der Waals surface area contributed by atoms with Gasteiger partial charge in [0.25, 0.3) is 5.69 Å². The van der Waals surface area contributed by atoms with E-state index in [1.54, 1.807) is 14.0 Å². The van der Waals surface area contributed by atoms with Crippen molar-refractivity contribution >= 4 is 17.5 Å². The SMILES string of the molecule is CC(CO)N(C)c1ncc([N+](=O)[O-])cc1C(=O)O. The summed E-state index contributed by atoms with van der Waals surface area (Å²) in [6.07, 6.45) is 0.988. The minimum Gasteiger partial charge on any atom is -0.478 e. The quantitative estimate of drug-likeness (QED) is 0.581. The lowest BCUT2D eigenvalue weighted by Gasteiger charge is -2.25. The fourth-order valence-electron chi connectivity index (χ4n) is 1.32. The van der Waals surface area contributed by atoms with E-state index in [-0.39, 0.29) is 29.7 Å². The Hall–Kier alpha value is -2.22. The van der Waals surface area contributed by atoms with E-state index in [0.717, 1.165) is 12.3 Å². The summed E-state index contributed by atoms with van der Waals surface area (Å²) >= 11 is 0. The summed E-state index contributed by atoms with van der Waals surface area (Å²) in [6.45, 7) is 1.49. The summed E-state index contributed by atoms with van der Waals surface area (Å²) < 4.78 is 0. The molecule has 0 amide bonds. The van der Waals surface area contributed by atoms with Crippen LogP contribution in [0.5, 0.6) is 0 Å². The standard InChI is InChI=1S/C10H13N3O5/c1-6(5-14)12(2)9-8(10(15)16)3-7(4-11-9)13(17)18/h3-4,6,14H,5H2,1-2H3,(H,15,16). The van der Waals surface area contributed by atoms with Crippen LogP contribution in [-0.2, 0) is 0 Å². The largest absolute Gasteiger partial charge is 0.478 e. The summed E-state index contributed by atoms with van der Waals surface area (Å²) in [6, 6.07) is 0.600. The number of aromatic nitrogens is 1. The van der Waals surface area contributed by atoms with Crippen molar-refractivity contribution in [2.24, 2.45) is 0 Å². The van der Waals surface area contributed by atoms with Gasteiger partial charge >= 0.3 is 5.97 Å². The van der Waals surface area contributed by atoms with Crippen LogP contribution in [0.2, 0.25) is 0 Å². The predicted molar refractivity (Wildman–Crippen MR) is 62.8 cm³/mol. The van der Waals surface area contributed by atoms with Crippen molar-refractivity contribution in [2.75, 3.05) is 18.6 Å². The molecule has 0 aliphatic heterocycles. The minimum atomic E-state index is -1.31. The predicted octanol–water partition coefficient (Wildman–Crippen LogP) is 0.505. The summed E-state index contributed by atoms with van der Waals surface area (Å²) in [5, 5.41) is 28.6. The van der Waals surface area contributed by atoms with Gasteiger partial charge in [-0.15, -0.1) is 0 Å². The maximum Gasteiger partial charge on any atom is 0.339 e. The molecule has 2 N–H and O–H groups in total. The van der Waals surface area contributed by atoms with E-state index in [2.05, 4.69) is 4.98 Å². The molecule has 98 valence electrons. The van der Waals surface area contributed by atoms with Gasteiger partial charge in [0.1, 0.15) is 17.6 Å². The average Bonchev–Trinajstić information content (AvgIpc) is 2.35. The fraction of sp³-hybridized carbons (Fsp3) is 0.400. The lowest BCUT2D eigenvalue weighted by Crippen LogP contribution is -2.33. The first-order valence-electron chi connectivity index (χ1n) is 5.10. The normalized spacial score (nSPS) is 11.9. The fourth-order valence-corrected chi connectivity index (χ4v) is 1.32. The van der Waals surface area contributed by atoms with Crippen molar-refractivity contribution in [2.45, 2.75) is 13.0 Å². The van der Waals surface area contributed by atoms with Gasteiger partial charge in [-0.05, 0) is 6.92 Å². The monoisotopic (exact) mass is 255 g/mol. The maximum atomic E-state index is 11.1. The number of pyridine rings is 1. The van der Waals surface area contributed by atoms with Crippen LogP contribution >= 0.6 is 0 Å². The summed E-state index contributed by atoms with van der Waals surface area (Å²) in [5.74, 6) is -1.23. The molecule has 0 radical (unpaired) electrons. The van der Waals surface area contributed by atoms with E-state index in [9.17, 15) is 14.9 Å². The van der Waals surface area contributed by atoms with Crippen LogP contribution in [-0.4, -0.2) is 45.8 Å². The van der Waals surface area contributed by atoms with Crippen LogP contribution < -0.4 is 4.90 Å². The number of anilines is 1. The molecule has 1 heterocycles. The van der Waals surface area contributed by atoms with Crippen molar-refractivity contribution in [3.05, 3.63) is 27.9 Å². The highest BCUT2D eigenvalue weighted by Crippen LogP contribution is 2.22. The Morgan fingerprint density at radius 3 is 2.72 bits per heavy atom. The van der Waals surface area contributed by atoms with Crippen LogP contribution in [0.15, 0.2) is 12.3 Å². The number of aliphatic hydroxyl groups excluding tert-OH is 1. The number of likely N-dealkylation sites (N-methyl/N-ethyl adjacent to an activating group) is 1. The molecular formula is C10H13N3O5. The number of rotatable bonds is 5. The number of carboxylic acids is 1. The molecule has 0 bridgehead atoms. The number of aliphatic hydroxyl groups is 1. The van der Waals surface area contributed by atoms with Gasteiger partial charge in [0.05, 0.1) is 17.6 Å². The molecule has 0 aliphatic rings. The molecule has 1 unspecified atom stereocenters. The third-order valence-corrected chi connectivity index (χ3v) is 2.55. The highest BCUT2D eigenvalue weighted by atomic mass is 16.6. The van der Waals surface area contributed by atoms with Crippen molar-refractivity contribution in [3.8, 4) is 0 Å². The van der Waals surface area contributed by atoms with Crippen LogP contribution in [0, 0.1) is 10.1 Å². The van der Waals surface area contributed by atoms with E-state index in [0.29, 0.717) is 0 Å². The number of nitrogens with zero attached hydrogens (tertiary/aromatic N) is 3. The van der Waals surface area contributed by atoms with Crippen LogP contribution in [0.25, 0.3) is 0 Å². The molecular weight excluding hydrogens is 242 g/mol. The molecule has 0 aliphatic carbocycles. The molecule has 0 fully saturated rings. The lowest BCUT2D eigenvalue weighted by atomic mass is 10.2. The van der Waals surface area contributed by atoms with Gasteiger partial charge in [-0.25, -0.2) is 9.78 Å². The number of carbonyl (C=O) groups is 1. The smallest absolute Gasteiger partial charge is 0.339 e. The first kappa shape index (κ1) is 13.8. The second-order valence-electron chi connectivity index (χ2n) is 3.77. The molecule has 0 spiro atoms. The van der Waals surface area contributed by atoms with E-state index in [1.165, 1.54) is 4.90 Å². The molecule has 1 aromatic rings. The van der Waals surface area contributed by atoms with Crippen LogP contribution in [0.4, 0.5) is 11.5 Å². The molecule has 1 aromatic heterocycles. The average molecular weight is 255 g/mol. The molecule has 1 rings (SSSR count). The Labute approximate surface area is 103 Å². The summed E-state index contributed by atoms with van der Waals surface area (Å²) in [5.41, 5.74) is -0.659. The number of hydrogen-bond donors (Lipinski definition) is 2. The van der Waals surface area contributed by atoms with Gasteiger partial charge < -0.3 is 15.1 Å². The Bertz CT molecular complexity index is 477. The first-order valence-corrected chi connectivity index (χ1v) is 5.10. The van der Waals surface area contributed by atoms with Gasteiger partial charge in [0.15, 0.2) is 0 Å². The summed E-state index contributed by atoms with van der Waals surface area (Å²) in [7, 11) is 1.56. The zero-order valence-corrected chi connectivity index (χ0v) is 9.90. The molecule has 0 saturated heterocycles. The first-order chi connectivity index (χ1) is 8.38. The highest BCUT2D eigenvalue weighted by Gasteiger charge is 2.22. The van der Waals surface area contributed by atoms with E-state index in [4.69, 9.17) is 10.2 Å². The van der Waals surface area contributed by atoms with E-state index >= 15 is 0 Å². The Morgan fingerprint density at radius 1 is 1.67 bits per heavy atom. The molecule has 0 aromatic carbocycles. The van der Waals surface area contributed by atoms with E-state index in [1.807, 2.05) is 0 Å². The van der Waals surface area contributed by atoms with Gasteiger partial charge in [0.2, 0.25) is 0 Å². The van der Waals surface area contributed by atoms with Gasteiger partial charge in [-0.3, -0.25) is 10.1 Å². The number of aromatic carboxylic acids is 1. The zero-order valence-electron chi connectivity index (χ0n) is 9.90.